The SMILES string of the molecule is CN=C(NCCS(=O)(=O)N1CCSCC1)N1CCSC(C)(C)C1. The molecule has 0 aromatic carbocycles. The van der Waals surface area contributed by atoms with Crippen LogP contribution in [0.4, 0.5) is 0 Å². The topological polar surface area (TPSA) is 65.0 Å². The van der Waals surface area contributed by atoms with Crippen LogP contribution >= 0.6 is 23.5 Å². The van der Waals surface area contributed by atoms with E-state index in [1.54, 1.807) is 11.4 Å². The molecule has 2 heterocycles. The van der Waals surface area contributed by atoms with E-state index in [1.807, 2.05) is 23.5 Å². The Bertz CT molecular complexity index is 516. The molecule has 0 saturated carbocycles. The zero-order valence-electron chi connectivity index (χ0n) is 14.2. The summed E-state index contributed by atoms with van der Waals surface area (Å²) in [6.07, 6.45) is 0. The lowest BCUT2D eigenvalue weighted by molar-refractivity contribution is 0.376. The molecule has 0 radical (unpaired) electrons. The van der Waals surface area contributed by atoms with Gasteiger partial charge in [0.2, 0.25) is 10.0 Å². The van der Waals surface area contributed by atoms with Crippen molar-refractivity contribution in [1.82, 2.24) is 14.5 Å². The maximum atomic E-state index is 12.4. The summed E-state index contributed by atoms with van der Waals surface area (Å²) < 4.78 is 26.5. The average molecular weight is 381 g/mol. The fraction of sp³-hybridized carbons (Fsp3) is 0.929. The molecule has 0 atom stereocenters. The lowest BCUT2D eigenvalue weighted by Gasteiger charge is -2.39. The second-order valence-electron chi connectivity index (χ2n) is 6.33. The van der Waals surface area contributed by atoms with Crippen molar-refractivity contribution in [3.63, 3.8) is 0 Å². The van der Waals surface area contributed by atoms with Crippen LogP contribution in [0.1, 0.15) is 13.8 Å². The van der Waals surface area contributed by atoms with Crippen molar-refractivity contribution >= 4 is 39.5 Å². The summed E-state index contributed by atoms with van der Waals surface area (Å²) in [5, 5.41) is 3.23. The first-order chi connectivity index (χ1) is 10.8. The first-order valence-electron chi connectivity index (χ1n) is 7.99. The highest BCUT2D eigenvalue weighted by atomic mass is 32.2. The fourth-order valence-corrected chi connectivity index (χ4v) is 6.38. The molecule has 0 aliphatic carbocycles. The predicted molar refractivity (Wildman–Crippen MR) is 102 cm³/mol. The average Bonchev–Trinajstić information content (AvgIpc) is 2.51. The van der Waals surface area contributed by atoms with Gasteiger partial charge in [-0.25, -0.2) is 12.7 Å². The Morgan fingerprint density at radius 2 is 1.91 bits per heavy atom. The highest BCUT2D eigenvalue weighted by Crippen LogP contribution is 2.29. The normalized spacial score (nSPS) is 23.8. The van der Waals surface area contributed by atoms with Crippen molar-refractivity contribution in [3.8, 4) is 0 Å². The van der Waals surface area contributed by atoms with Crippen molar-refractivity contribution in [3.05, 3.63) is 0 Å². The molecule has 6 nitrogen and oxygen atoms in total. The van der Waals surface area contributed by atoms with Crippen molar-refractivity contribution in [2.45, 2.75) is 18.6 Å². The van der Waals surface area contributed by atoms with Crippen LogP contribution < -0.4 is 5.32 Å². The van der Waals surface area contributed by atoms with E-state index in [1.165, 1.54) is 0 Å². The third-order valence-corrected chi connectivity index (χ3v) is 8.06. The first-order valence-corrected chi connectivity index (χ1v) is 11.7. The van der Waals surface area contributed by atoms with Crippen LogP contribution in [0.2, 0.25) is 0 Å². The third-order valence-electron chi connectivity index (χ3n) is 3.94. The monoisotopic (exact) mass is 380 g/mol. The smallest absolute Gasteiger partial charge is 0.215 e. The third kappa shape index (κ3) is 5.72. The Morgan fingerprint density at radius 3 is 2.52 bits per heavy atom. The van der Waals surface area contributed by atoms with E-state index in [9.17, 15) is 8.42 Å². The van der Waals surface area contributed by atoms with E-state index < -0.39 is 10.0 Å². The van der Waals surface area contributed by atoms with Gasteiger partial charge in [-0.3, -0.25) is 4.99 Å². The van der Waals surface area contributed by atoms with Crippen LogP contribution in [-0.2, 0) is 10.0 Å². The molecule has 1 N–H and O–H groups in total. The molecule has 134 valence electrons. The molecule has 0 spiro atoms. The van der Waals surface area contributed by atoms with Gasteiger partial charge >= 0.3 is 0 Å². The minimum atomic E-state index is -3.16. The van der Waals surface area contributed by atoms with Crippen molar-refractivity contribution < 1.29 is 8.42 Å². The van der Waals surface area contributed by atoms with Crippen molar-refractivity contribution in [2.75, 3.05) is 62.8 Å². The summed E-state index contributed by atoms with van der Waals surface area (Å²) in [5.74, 6) is 3.80. The Kier molecular flexibility index (Phi) is 6.94. The molecule has 23 heavy (non-hydrogen) atoms. The van der Waals surface area contributed by atoms with Crippen LogP contribution in [0, 0.1) is 0 Å². The molecule has 0 aromatic rings. The summed E-state index contributed by atoms with van der Waals surface area (Å²) in [7, 11) is -1.40. The summed E-state index contributed by atoms with van der Waals surface area (Å²) in [6.45, 7) is 8.02. The number of rotatable bonds is 4. The van der Waals surface area contributed by atoms with E-state index >= 15 is 0 Å². The maximum Gasteiger partial charge on any atom is 0.215 e. The molecule has 2 aliphatic rings. The van der Waals surface area contributed by atoms with Gasteiger partial charge in [-0.15, -0.1) is 0 Å². The van der Waals surface area contributed by atoms with Crippen LogP contribution in [0.5, 0.6) is 0 Å². The van der Waals surface area contributed by atoms with Crippen molar-refractivity contribution in [1.29, 1.82) is 0 Å². The van der Waals surface area contributed by atoms with Gasteiger partial charge in [0.25, 0.3) is 0 Å². The number of aliphatic imine (C=N–C) groups is 1. The molecule has 2 rings (SSSR count). The second kappa shape index (κ2) is 8.31. The van der Waals surface area contributed by atoms with E-state index in [2.05, 4.69) is 29.1 Å². The molecular formula is C14H28N4O2S3. The van der Waals surface area contributed by atoms with E-state index in [-0.39, 0.29) is 10.5 Å². The van der Waals surface area contributed by atoms with Crippen LogP contribution in [0.15, 0.2) is 4.99 Å². The van der Waals surface area contributed by atoms with Crippen LogP contribution in [-0.4, -0.2) is 91.1 Å². The Hall–Kier alpha value is -0.120. The Labute approximate surface area is 148 Å². The molecular weight excluding hydrogens is 352 g/mol. The number of hydrogen-bond donors (Lipinski definition) is 1. The summed E-state index contributed by atoms with van der Waals surface area (Å²) in [4.78, 5) is 6.54. The molecule has 0 unspecified atom stereocenters. The van der Waals surface area contributed by atoms with E-state index in [0.717, 1.165) is 36.3 Å². The summed E-state index contributed by atoms with van der Waals surface area (Å²) in [5.41, 5.74) is 0. The van der Waals surface area contributed by atoms with Gasteiger partial charge < -0.3 is 10.2 Å². The quantitative estimate of drug-likeness (QED) is 0.574. The highest BCUT2D eigenvalue weighted by molar-refractivity contribution is 8.00. The Balaban J connectivity index is 1.84. The molecule has 2 saturated heterocycles. The minimum Gasteiger partial charge on any atom is -0.355 e. The van der Waals surface area contributed by atoms with Gasteiger partial charge in [0, 0.05) is 61.8 Å². The summed E-state index contributed by atoms with van der Waals surface area (Å²) in [6, 6.07) is 0. The van der Waals surface area contributed by atoms with Gasteiger partial charge in [-0.2, -0.15) is 23.5 Å². The molecule has 9 heteroatoms. The molecule has 2 fully saturated rings. The molecule has 0 bridgehead atoms. The van der Waals surface area contributed by atoms with E-state index in [4.69, 9.17) is 0 Å². The molecule has 0 aromatic heterocycles. The first kappa shape index (κ1) is 19.2. The van der Waals surface area contributed by atoms with E-state index in [0.29, 0.717) is 19.6 Å². The van der Waals surface area contributed by atoms with Gasteiger partial charge in [0.05, 0.1) is 5.75 Å². The Morgan fingerprint density at radius 1 is 1.22 bits per heavy atom. The lowest BCUT2D eigenvalue weighted by Crippen LogP contribution is -2.52. The minimum absolute atomic E-state index is 0.128. The number of nitrogens with zero attached hydrogens (tertiary/aromatic N) is 3. The largest absolute Gasteiger partial charge is 0.355 e. The zero-order chi connectivity index (χ0) is 16.9. The fourth-order valence-electron chi connectivity index (χ4n) is 2.78. The van der Waals surface area contributed by atoms with Gasteiger partial charge in [0.1, 0.15) is 0 Å². The number of guanidine groups is 1. The zero-order valence-corrected chi connectivity index (χ0v) is 16.7. The maximum absolute atomic E-state index is 12.4. The number of thioether (sulfide) groups is 2. The van der Waals surface area contributed by atoms with Crippen LogP contribution in [0.3, 0.4) is 0 Å². The molecule has 0 amide bonds. The summed E-state index contributed by atoms with van der Waals surface area (Å²) >= 11 is 3.79. The predicted octanol–water partition coefficient (Wildman–Crippen LogP) is 0.768. The number of hydrogen-bond acceptors (Lipinski definition) is 5. The second-order valence-corrected chi connectivity index (χ2v) is 11.4. The van der Waals surface area contributed by atoms with Crippen molar-refractivity contribution in [2.24, 2.45) is 4.99 Å². The highest BCUT2D eigenvalue weighted by Gasteiger charge is 2.29. The standard InChI is InChI=1S/C14H28N4O2S3/c1-14(2)12-17(5-10-22-14)13(15-3)16-4-11-23(19,20)18-6-8-21-9-7-18/h4-12H2,1-3H3,(H,15,16). The number of sulfonamides is 1. The number of nitrogens with one attached hydrogen (secondary N) is 1. The van der Waals surface area contributed by atoms with Gasteiger partial charge in [-0.05, 0) is 13.8 Å². The van der Waals surface area contributed by atoms with Gasteiger partial charge in [-0.1, -0.05) is 0 Å². The molecule has 2 aliphatic heterocycles. The van der Waals surface area contributed by atoms with Gasteiger partial charge in [0.15, 0.2) is 5.96 Å². The van der Waals surface area contributed by atoms with Crippen LogP contribution in [0.25, 0.3) is 0 Å². The lowest BCUT2D eigenvalue weighted by atomic mass is 10.2.